The topological polar surface area (TPSA) is 55.1 Å². The highest BCUT2D eigenvalue weighted by atomic mass is 19.1. The monoisotopic (exact) mass is 264 g/mol. The van der Waals surface area contributed by atoms with Gasteiger partial charge in [-0.1, -0.05) is 0 Å². The van der Waals surface area contributed by atoms with Gasteiger partial charge >= 0.3 is 0 Å². The molecule has 0 atom stereocenters. The summed E-state index contributed by atoms with van der Waals surface area (Å²) < 4.78 is 13.2. The van der Waals surface area contributed by atoms with Crippen LogP contribution in [-0.2, 0) is 0 Å². The Kier molecular flexibility index (Phi) is 4.53. The van der Waals surface area contributed by atoms with E-state index < -0.39 is 0 Å². The van der Waals surface area contributed by atoms with Gasteiger partial charge in [-0.2, -0.15) is 0 Å². The van der Waals surface area contributed by atoms with Gasteiger partial charge in [0.05, 0.1) is 0 Å². The molecule has 0 radical (unpaired) electrons. The smallest absolute Gasteiger partial charge is 0.251 e. The lowest BCUT2D eigenvalue weighted by molar-refractivity contribution is 0.0942. The van der Waals surface area contributed by atoms with Crippen LogP contribution in [0, 0.1) is 18.7 Å². The zero-order valence-corrected chi connectivity index (χ0v) is 11.3. The van der Waals surface area contributed by atoms with Crippen LogP contribution in [0.4, 0.5) is 4.39 Å². The number of benzene rings is 1. The van der Waals surface area contributed by atoms with Crippen molar-refractivity contribution in [3.8, 4) is 0 Å². The molecule has 3 nitrogen and oxygen atoms in total. The summed E-state index contributed by atoms with van der Waals surface area (Å²) in [6.07, 6.45) is 4.17. The van der Waals surface area contributed by atoms with Gasteiger partial charge in [-0.05, 0) is 62.3 Å². The van der Waals surface area contributed by atoms with Crippen molar-refractivity contribution in [2.45, 2.75) is 38.6 Å². The number of amides is 1. The lowest BCUT2D eigenvalue weighted by Crippen LogP contribution is -2.34. The summed E-state index contributed by atoms with van der Waals surface area (Å²) >= 11 is 0. The summed E-state index contributed by atoms with van der Waals surface area (Å²) in [6.45, 7) is 2.43. The van der Waals surface area contributed by atoms with Crippen LogP contribution in [-0.4, -0.2) is 18.5 Å². The van der Waals surface area contributed by atoms with E-state index in [1.165, 1.54) is 12.1 Å². The first-order valence-corrected chi connectivity index (χ1v) is 6.85. The second-order valence-corrected chi connectivity index (χ2v) is 5.51. The second kappa shape index (κ2) is 6.15. The molecule has 0 unspecified atom stereocenters. The van der Waals surface area contributed by atoms with E-state index in [2.05, 4.69) is 5.32 Å². The summed E-state index contributed by atoms with van der Waals surface area (Å²) in [6, 6.07) is 4.71. The standard InChI is InChI=1S/C15H21FN2O/c1-10-6-12(8-13(16)7-10)15(19)18-9-11-2-4-14(17)5-3-11/h6-8,11,14H,2-5,9,17H2,1H3,(H,18,19). The highest BCUT2D eigenvalue weighted by molar-refractivity contribution is 5.94. The Labute approximate surface area is 113 Å². The van der Waals surface area contributed by atoms with Crippen molar-refractivity contribution in [3.63, 3.8) is 0 Å². The zero-order chi connectivity index (χ0) is 13.8. The number of nitrogens with two attached hydrogens (primary N) is 1. The van der Waals surface area contributed by atoms with Crippen LogP contribution in [0.2, 0.25) is 0 Å². The molecule has 1 aromatic carbocycles. The van der Waals surface area contributed by atoms with Gasteiger partial charge in [0, 0.05) is 18.2 Å². The van der Waals surface area contributed by atoms with Crippen molar-refractivity contribution in [3.05, 3.63) is 35.1 Å². The Bertz CT molecular complexity index is 433. The number of hydrogen-bond acceptors (Lipinski definition) is 2. The molecule has 1 saturated carbocycles. The Morgan fingerprint density at radius 3 is 2.63 bits per heavy atom. The minimum atomic E-state index is -0.367. The van der Waals surface area contributed by atoms with Crippen molar-refractivity contribution >= 4 is 5.91 Å². The van der Waals surface area contributed by atoms with Gasteiger partial charge in [0.25, 0.3) is 5.91 Å². The lowest BCUT2D eigenvalue weighted by atomic mass is 9.86. The Balaban J connectivity index is 1.87. The van der Waals surface area contributed by atoms with Crippen molar-refractivity contribution in [2.24, 2.45) is 11.7 Å². The fourth-order valence-corrected chi connectivity index (χ4v) is 2.60. The highest BCUT2D eigenvalue weighted by Gasteiger charge is 2.19. The largest absolute Gasteiger partial charge is 0.352 e. The number of rotatable bonds is 3. The fraction of sp³-hybridized carbons (Fsp3) is 0.533. The molecule has 0 bridgehead atoms. The molecular weight excluding hydrogens is 243 g/mol. The SMILES string of the molecule is Cc1cc(F)cc(C(=O)NCC2CCC(N)CC2)c1. The van der Waals surface area contributed by atoms with E-state index >= 15 is 0 Å². The minimum Gasteiger partial charge on any atom is -0.352 e. The van der Waals surface area contributed by atoms with E-state index in [9.17, 15) is 9.18 Å². The number of aryl methyl sites for hydroxylation is 1. The maximum absolute atomic E-state index is 13.2. The third-order valence-electron chi connectivity index (χ3n) is 3.75. The Hall–Kier alpha value is -1.42. The molecule has 0 aromatic heterocycles. The fourth-order valence-electron chi connectivity index (χ4n) is 2.60. The lowest BCUT2D eigenvalue weighted by Gasteiger charge is -2.26. The summed E-state index contributed by atoms with van der Waals surface area (Å²) in [5.74, 6) is -0.0651. The van der Waals surface area contributed by atoms with E-state index in [0.717, 1.165) is 31.2 Å². The predicted molar refractivity (Wildman–Crippen MR) is 73.4 cm³/mol. The van der Waals surface area contributed by atoms with Gasteiger partial charge in [-0.15, -0.1) is 0 Å². The van der Waals surface area contributed by atoms with E-state index in [0.29, 0.717) is 24.1 Å². The first-order valence-electron chi connectivity index (χ1n) is 6.85. The molecule has 2 rings (SSSR count). The summed E-state index contributed by atoms with van der Waals surface area (Å²) in [7, 11) is 0. The molecule has 1 aliphatic carbocycles. The quantitative estimate of drug-likeness (QED) is 0.880. The van der Waals surface area contributed by atoms with E-state index in [-0.39, 0.29) is 11.7 Å². The van der Waals surface area contributed by atoms with Crippen LogP contribution < -0.4 is 11.1 Å². The highest BCUT2D eigenvalue weighted by Crippen LogP contribution is 2.22. The van der Waals surface area contributed by atoms with Gasteiger partial charge in [0.1, 0.15) is 5.82 Å². The van der Waals surface area contributed by atoms with Gasteiger partial charge in [-0.3, -0.25) is 4.79 Å². The van der Waals surface area contributed by atoms with Crippen molar-refractivity contribution in [1.82, 2.24) is 5.32 Å². The zero-order valence-electron chi connectivity index (χ0n) is 11.3. The maximum Gasteiger partial charge on any atom is 0.251 e. The van der Waals surface area contributed by atoms with Crippen LogP contribution >= 0.6 is 0 Å². The molecule has 0 saturated heterocycles. The van der Waals surface area contributed by atoms with Crippen molar-refractivity contribution < 1.29 is 9.18 Å². The van der Waals surface area contributed by atoms with E-state index in [1.807, 2.05) is 0 Å². The third-order valence-corrected chi connectivity index (χ3v) is 3.75. The molecule has 0 spiro atoms. The normalized spacial score (nSPS) is 23.1. The number of halogens is 1. The first-order chi connectivity index (χ1) is 9.04. The number of carbonyl (C=O) groups is 1. The molecule has 4 heteroatoms. The van der Waals surface area contributed by atoms with Crippen molar-refractivity contribution in [1.29, 1.82) is 0 Å². The van der Waals surface area contributed by atoms with Gasteiger partial charge in [0.2, 0.25) is 0 Å². The molecule has 0 heterocycles. The molecule has 0 aliphatic heterocycles. The van der Waals surface area contributed by atoms with Crippen molar-refractivity contribution in [2.75, 3.05) is 6.54 Å². The van der Waals surface area contributed by atoms with Crippen LogP contribution in [0.1, 0.15) is 41.6 Å². The first kappa shape index (κ1) is 14.0. The molecule has 104 valence electrons. The van der Waals surface area contributed by atoms with Crippen LogP contribution in [0.5, 0.6) is 0 Å². The Morgan fingerprint density at radius 1 is 1.32 bits per heavy atom. The summed E-state index contributed by atoms with van der Waals surface area (Å²) in [5.41, 5.74) is 7.00. The average molecular weight is 264 g/mol. The molecule has 1 aromatic rings. The number of nitrogens with one attached hydrogen (secondary N) is 1. The average Bonchev–Trinajstić information content (AvgIpc) is 2.36. The minimum absolute atomic E-state index is 0.197. The van der Waals surface area contributed by atoms with E-state index in [1.54, 1.807) is 13.0 Å². The summed E-state index contributed by atoms with van der Waals surface area (Å²) in [5, 5.41) is 2.89. The molecule has 19 heavy (non-hydrogen) atoms. The third kappa shape index (κ3) is 4.03. The molecular formula is C15H21FN2O. The summed E-state index contributed by atoms with van der Waals surface area (Å²) in [4.78, 5) is 12.0. The maximum atomic E-state index is 13.2. The van der Waals surface area contributed by atoms with Crippen LogP contribution in [0.15, 0.2) is 18.2 Å². The molecule has 1 amide bonds. The predicted octanol–water partition coefficient (Wildman–Crippen LogP) is 2.38. The molecule has 1 aliphatic rings. The van der Waals surface area contributed by atoms with Gasteiger partial charge in [-0.25, -0.2) is 4.39 Å². The second-order valence-electron chi connectivity index (χ2n) is 5.51. The number of hydrogen-bond donors (Lipinski definition) is 2. The van der Waals surface area contributed by atoms with Crippen LogP contribution in [0.3, 0.4) is 0 Å². The molecule has 1 fully saturated rings. The van der Waals surface area contributed by atoms with E-state index in [4.69, 9.17) is 5.73 Å². The number of carbonyl (C=O) groups excluding carboxylic acids is 1. The molecule has 3 N–H and O–H groups in total. The Morgan fingerprint density at radius 2 is 2.00 bits per heavy atom. The van der Waals surface area contributed by atoms with Gasteiger partial charge < -0.3 is 11.1 Å². The van der Waals surface area contributed by atoms with Crippen LogP contribution in [0.25, 0.3) is 0 Å². The van der Waals surface area contributed by atoms with Gasteiger partial charge in [0.15, 0.2) is 0 Å².